The first-order valence-corrected chi connectivity index (χ1v) is 11.5. The van der Waals surface area contributed by atoms with Crippen molar-refractivity contribution in [2.24, 2.45) is 11.8 Å². The summed E-state index contributed by atoms with van der Waals surface area (Å²) < 4.78 is 62.4. The highest BCUT2D eigenvalue weighted by Crippen LogP contribution is 2.41. The molecule has 1 aliphatic carbocycles. The Morgan fingerprint density at radius 3 is 2.27 bits per heavy atom. The minimum absolute atomic E-state index is 0.00208. The summed E-state index contributed by atoms with van der Waals surface area (Å²) in [7, 11) is 0. The number of carbonyl (C=O) groups is 1. The molecule has 3 heterocycles. The van der Waals surface area contributed by atoms with Crippen LogP contribution in [0, 0.1) is 35.1 Å². The highest BCUT2D eigenvalue weighted by atomic mass is 19.2. The van der Waals surface area contributed by atoms with Gasteiger partial charge in [0, 0.05) is 24.7 Å². The number of halogens is 4. The Kier molecular flexibility index (Phi) is 5.80. The number of amides is 1. The van der Waals surface area contributed by atoms with E-state index in [1.54, 1.807) is 6.07 Å². The number of rotatable bonds is 6. The summed E-state index contributed by atoms with van der Waals surface area (Å²) in [6.07, 6.45) is 3.44. The second kappa shape index (κ2) is 8.63. The molecule has 3 aliphatic heterocycles. The van der Waals surface area contributed by atoms with Gasteiger partial charge >= 0.3 is 6.09 Å². The Labute approximate surface area is 190 Å². The van der Waals surface area contributed by atoms with Crippen molar-refractivity contribution in [3.05, 3.63) is 65.2 Å². The van der Waals surface area contributed by atoms with Crippen molar-refractivity contribution in [2.45, 2.75) is 38.3 Å². The Hall–Kier alpha value is -2.61. The maximum absolute atomic E-state index is 14.6. The van der Waals surface area contributed by atoms with E-state index in [9.17, 15) is 22.4 Å². The molecule has 8 heteroatoms. The number of fused-ring (bicyclic) bond motifs is 3. The van der Waals surface area contributed by atoms with Crippen LogP contribution in [0.5, 0.6) is 0 Å². The molecule has 0 radical (unpaired) electrons. The summed E-state index contributed by atoms with van der Waals surface area (Å²) >= 11 is 0. The number of anilines is 1. The molecule has 1 atom stereocenters. The lowest BCUT2D eigenvalue weighted by atomic mass is 9.83. The second-order valence-electron chi connectivity index (χ2n) is 9.77. The van der Waals surface area contributed by atoms with E-state index in [2.05, 4.69) is 0 Å². The zero-order valence-corrected chi connectivity index (χ0v) is 18.3. The first-order valence-electron chi connectivity index (χ1n) is 11.5. The molecule has 176 valence electrons. The normalized spacial score (nSPS) is 26.3. The van der Waals surface area contributed by atoms with E-state index in [1.807, 2.05) is 0 Å². The average Bonchev–Trinajstić information content (AvgIpc) is 3.60. The fourth-order valence-corrected chi connectivity index (χ4v) is 5.45. The number of carbonyl (C=O) groups excluding carboxylic acids is 1. The van der Waals surface area contributed by atoms with Gasteiger partial charge < -0.3 is 9.22 Å². The SMILES string of the molecule is O=C(OC1C[N+]2(CC3CC3)CCC1CC2)N(Cc1cc(F)c(F)c(F)c1)c1ccccc1F. The van der Waals surface area contributed by atoms with Crippen LogP contribution >= 0.6 is 0 Å². The molecule has 1 unspecified atom stereocenters. The lowest BCUT2D eigenvalue weighted by molar-refractivity contribution is -0.947. The van der Waals surface area contributed by atoms with Crippen molar-refractivity contribution in [3.8, 4) is 0 Å². The number of benzene rings is 2. The number of ether oxygens (including phenoxy) is 1. The van der Waals surface area contributed by atoms with Crippen molar-refractivity contribution in [1.82, 2.24) is 0 Å². The Bertz CT molecular complexity index is 1030. The standard InChI is InChI=1S/C25H27F4N2O2/c26-19-3-1-2-4-22(19)30(13-17-11-20(27)24(29)21(28)12-17)25(32)33-23-15-31(14-16-5-6-16)9-7-18(23)8-10-31/h1-4,11-12,16,18,23H,5-10,13-15H2/q+1. The maximum atomic E-state index is 14.6. The number of piperidine rings is 3. The van der Waals surface area contributed by atoms with Gasteiger partial charge in [-0.05, 0) is 42.7 Å². The van der Waals surface area contributed by atoms with Crippen LogP contribution in [0.15, 0.2) is 36.4 Å². The van der Waals surface area contributed by atoms with Crippen LogP contribution in [0.4, 0.5) is 28.0 Å². The lowest BCUT2D eigenvalue weighted by Crippen LogP contribution is -2.65. The number of para-hydroxylation sites is 1. The first kappa shape index (κ1) is 22.2. The molecule has 1 amide bonds. The van der Waals surface area contributed by atoms with Crippen molar-refractivity contribution < 1.29 is 31.6 Å². The smallest absolute Gasteiger partial charge is 0.415 e. The van der Waals surface area contributed by atoms with E-state index in [0.29, 0.717) is 0 Å². The van der Waals surface area contributed by atoms with Gasteiger partial charge in [-0.3, -0.25) is 4.90 Å². The van der Waals surface area contributed by atoms with Gasteiger partial charge in [0.15, 0.2) is 23.6 Å². The number of quaternary nitrogens is 1. The molecule has 4 fully saturated rings. The summed E-state index contributed by atoms with van der Waals surface area (Å²) in [6, 6.07) is 7.27. The molecule has 2 aromatic rings. The van der Waals surface area contributed by atoms with Gasteiger partial charge in [-0.15, -0.1) is 0 Å². The number of hydrogen-bond donors (Lipinski definition) is 0. The third kappa shape index (κ3) is 4.58. The van der Waals surface area contributed by atoms with Gasteiger partial charge in [-0.2, -0.15) is 0 Å². The molecule has 2 aromatic carbocycles. The fraction of sp³-hybridized carbons (Fsp3) is 0.480. The van der Waals surface area contributed by atoms with Crippen LogP contribution in [0.25, 0.3) is 0 Å². The molecule has 2 bridgehead atoms. The minimum Gasteiger partial charge on any atom is -0.440 e. The molecule has 6 rings (SSSR count). The fourth-order valence-electron chi connectivity index (χ4n) is 5.45. The van der Waals surface area contributed by atoms with Crippen LogP contribution in [0.2, 0.25) is 0 Å². The van der Waals surface area contributed by atoms with E-state index in [-0.39, 0.29) is 29.8 Å². The van der Waals surface area contributed by atoms with Crippen LogP contribution in [-0.4, -0.2) is 42.9 Å². The van der Waals surface area contributed by atoms with Crippen molar-refractivity contribution in [2.75, 3.05) is 31.1 Å². The van der Waals surface area contributed by atoms with Gasteiger partial charge in [-0.1, -0.05) is 12.1 Å². The van der Waals surface area contributed by atoms with E-state index < -0.39 is 29.4 Å². The van der Waals surface area contributed by atoms with Gasteiger partial charge in [-0.25, -0.2) is 22.4 Å². The Morgan fingerprint density at radius 1 is 0.970 bits per heavy atom. The Morgan fingerprint density at radius 2 is 1.64 bits per heavy atom. The predicted octanol–water partition coefficient (Wildman–Crippen LogP) is 5.41. The number of nitrogens with zero attached hydrogens (tertiary/aromatic N) is 2. The molecule has 3 saturated heterocycles. The molecule has 0 aromatic heterocycles. The third-order valence-corrected chi connectivity index (χ3v) is 7.38. The summed E-state index contributed by atoms with van der Waals surface area (Å²) in [6.45, 7) is 3.71. The van der Waals surface area contributed by atoms with Crippen LogP contribution in [0.3, 0.4) is 0 Å². The van der Waals surface area contributed by atoms with Crippen LogP contribution in [-0.2, 0) is 11.3 Å². The zero-order chi connectivity index (χ0) is 23.2. The summed E-state index contributed by atoms with van der Waals surface area (Å²) in [5, 5.41) is 0. The molecule has 1 saturated carbocycles. The van der Waals surface area contributed by atoms with Crippen molar-refractivity contribution >= 4 is 11.8 Å². The molecule has 0 spiro atoms. The van der Waals surface area contributed by atoms with Gasteiger partial charge in [0.1, 0.15) is 12.4 Å². The molecular weight excluding hydrogens is 436 g/mol. The van der Waals surface area contributed by atoms with Gasteiger partial charge in [0.05, 0.1) is 31.9 Å². The summed E-state index contributed by atoms with van der Waals surface area (Å²) in [5.74, 6) is -3.96. The molecule has 4 nitrogen and oxygen atoms in total. The van der Waals surface area contributed by atoms with E-state index in [4.69, 9.17) is 4.74 Å². The maximum Gasteiger partial charge on any atom is 0.415 e. The minimum atomic E-state index is -1.59. The summed E-state index contributed by atoms with van der Waals surface area (Å²) in [5.41, 5.74) is -0.0615. The molecular formula is C25H27F4N2O2+. The topological polar surface area (TPSA) is 29.5 Å². The van der Waals surface area contributed by atoms with E-state index in [1.165, 1.54) is 31.0 Å². The van der Waals surface area contributed by atoms with Gasteiger partial charge in [0.25, 0.3) is 0 Å². The monoisotopic (exact) mass is 463 g/mol. The zero-order valence-electron chi connectivity index (χ0n) is 18.3. The average molecular weight is 463 g/mol. The van der Waals surface area contributed by atoms with Gasteiger partial charge in [0.2, 0.25) is 0 Å². The first-order chi connectivity index (χ1) is 15.8. The highest BCUT2D eigenvalue weighted by molar-refractivity contribution is 5.87. The predicted molar refractivity (Wildman–Crippen MR) is 114 cm³/mol. The van der Waals surface area contributed by atoms with E-state index in [0.717, 1.165) is 66.5 Å². The molecule has 33 heavy (non-hydrogen) atoms. The lowest BCUT2D eigenvalue weighted by Gasteiger charge is -2.52. The molecule has 0 N–H and O–H groups in total. The largest absolute Gasteiger partial charge is 0.440 e. The van der Waals surface area contributed by atoms with E-state index >= 15 is 0 Å². The highest BCUT2D eigenvalue weighted by Gasteiger charge is 2.49. The van der Waals surface area contributed by atoms with Crippen LogP contribution < -0.4 is 4.90 Å². The van der Waals surface area contributed by atoms with Crippen LogP contribution in [0.1, 0.15) is 31.2 Å². The molecule has 4 aliphatic rings. The van der Waals surface area contributed by atoms with Crippen molar-refractivity contribution in [1.29, 1.82) is 0 Å². The third-order valence-electron chi connectivity index (χ3n) is 7.38. The quantitative estimate of drug-likeness (QED) is 0.326. The Balaban J connectivity index is 1.38. The second-order valence-corrected chi connectivity index (χ2v) is 9.77. The van der Waals surface area contributed by atoms with Crippen molar-refractivity contribution in [3.63, 3.8) is 0 Å². The number of hydrogen-bond acceptors (Lipinski definition) is 2. The summed E-state index contributed by atoms with van der Waals surface area (Å²) in [4.78, 5) is 14.3.